The summed E-state index contributed by atoms with van der Waals surface area (Å²) in [6.45, 7) is 3.31. The first kappa shape index (κ1) is 16.2. The Hall–Kier alpha value is -1.66. The Labute approximate surface area is 135 Å². The summed E-state index contributed by atoms with van der Waals surface area (Å²) in [6, 6.07) is 6.08. The number of piperazine rings is 1. The van der Waals surface area contributed by atoms with Crippen LogP contribution in [0, 0.1) is 11.7 Å². The maximum atomic E-state index is 13.4. The second-order valence-corrected chi connectivity index (χ2v) is 6.31. The second-order valence-electron chi connectivity index (χ2n) is 6.31. The van der Waals surface area contributed by atoms with Crippen molar-refractivity contribution in [2.75, 3.05) is 39.3 Å². The summed E-state index contributed by atoms with van der Waals surface area (Å²) in [5.41, 5.74) is 0. The van der Waals surface area contributed by atoms with Gasteiger partial charge in [-0.05, 0) is 30.9 Å². The molecule has 1 unspecified atom stereocenters. The van der Waals surface area contributed by atoms with Gasteiger partial charge in [0.05, 0.1) is 6.10 Å². The molecule has 1 amide bonds. The molecule has 0 radical (unpaired) electrons. The highest BCUT2D eigenvalue weighted by atomic mass is 19.1. The highest BCUT2D eigenvalue weighted by Gasteiger charge is 2.32. The molecular weight excluding hydrogens is 299 g/mol. The van der Waals surface area contributed by atoms with Crippen LogP contribution in [0.3, 0.4) is 0 Å². The van der Waals surface area contributed by atoms with Gasteiger partial charge in [-0.15, -0.1) is 0 Å². The minimum Gasteiger partial charge on any atom is -0.481 e. The molecule has 1 atom stereocenters. The van der Waals surface area contributed by atoms with Crippen LogP contribution in [0.4, 0.5) is 4.39 Å². The average Bonchev–Trinajstić information content (AvgIpc) is 3.39. The van der Waals surface area contributed by atoms with Gasteiger partial charge in [0.1, 0.15) is 0 Å². The number of carbonyl (C=O) groups is 1. The van der Waals surface area contributed by atoms with Gasteiger partial charge in [0, 0.05) is 32.7 Å². The Kier molecular flexibility index (Phi) is 5.13. The Morgan fingerprint density at radius 2 is 1.96 bits per heavy atom. The molecule has 0 spiro atoms. The topological polar surface area (TPSA) is 53.0 Å². The van der Waals surface area contributed by atoms with E-state index in [1.807, 2.05) is 0 Å². The number of benzene rings is 1. The molecule has 1 aromatic carbocycles. The Balaban J connectivity index is 1.40. The van der Waals surface area contributed by atoms with Crippen molar-refractivity contribution in [1.82, 2.24) is 9.80 Å². The fraction of sp³-hybridized carbons (Fsp3) is 0.588. The average molecular weight is 322 g/mol. The molecule has 2 aliphatic rings. The van der Waals surface area contributed by atoms with Crippen molar-refractivity contribution in [2.45, 2.75) is 18.9 Å². The van der Waals surface area contributed by atoms with E-state index in [4.69, 9.17) is 4.74 Å². The zero-order valence-corrected chi connectivity index (χ0v) is 13.2. The quantitative estimate of drug-likeness (QED) is 0.853. The summed E-state index contributed by atoms with van der Waals surface area (Å²) in [7, 11) is 0. The lowest BCUT2D eigenvalue weighted by Crippen LogP contribution is -2.51. The van der Waals surface area contributed by atoms with Crippen LogP contribution in [0.25, 0.3) is 0 Å². The lowest BCUT2D eigenvalue weighted by atomic mass is 10.2. The van der Waals surface area contributed by atoms with Gasteiger partial charge in [-0.1, -0.05) is 12.1 Å². The number of carbonyl (C=O) groups excluding carboxylic acids is 1. The highest BCUT2D eigenvalue weighted by Crippen LogP contribution is 2.32. The van der Waals surface area contributed by atoms with Crippen molar-refractivity contribution in [1.29, 1.82) is 0 Å². The van der Waals surface area contributed by atoms with E-state index in [0.717, 1.165) is 25.9 Å². The summed E-state index contributed by atoms with van der Waals surface area (Å²) >= 11 is 0. The minimum absolute atomic E-state index is 0.104. The van der Waals surface area contributed by atoms with Crippen LogP contribution in [-0.4, -0.2) is 66.2 Å². The predicted octanol–water partition coefficient (Wildman–Crippen LogP) is 1.12. The number of rotatable bonds is 6. The number of nitrogens with zero attached hydrogens (tertiary/aromatic N) is 2. The number of hydrogen-bond donors (Lipinski definition) is 1. The maximum absolute atomic E-state index is 13.4. The van der Waals surface area contributed by atoms with Crippen LogP contribution in [0.2, 0.25) is 0 Å². The van der Waals surface area contributed by atoms with E-state index in [1.165, 1.54) is 12.1 Å². The number of ether oxygens (including phenoxy) is 1. The first-order valence-electron chi connectivity index (χ1n) is 8.19. The first-order chi connectivity index (χ1) is 11.1. The van der Waals surface area contributed by atoms with Crippen molar-refractivity contribution in [3.05, 3.63) is 30.1 Å². The number of para-hydroxylation sites is 1. The summed E-state index contributed by atoms with van der Waals surface area (Å²) in [6.07, 6.45) is 2.03. The Morgan fingerprint density at radius 3 is 2.61 bits per heavy atom. The molecule has 1 N–H and O–H groups in total. The molecule has 1 saturated carbocycles. The highest BCUT2D eigenvalue weighted by molar-refractivity contribution is 5.77. The number of β-amino-alcohol motifs (C(OH)–C–C–N with tert-alkyl or cyclic N) is 1. The maximum Gasteiger partial charge on any atom is 0.260 e. The third-order valence-electron chi connectivity index (χ3n) is 4.52. The Morgan fingerprint density at radius 1 is 1.26 bits per heavy atom. The molecule has 2 fully saturated rings. The number of hydrogen-bond acceptors (Lipinski definition) is 4. The summed E-state index contributed by atoms with van der Waals surface area (Å²) in [4.78, 5) is 16.1. The van der Waals surface area contributed by atoms with Gasteiger partial charge in [0.15, 0.2) is 18.2 Å². The van der Waals surface area contributed by atoms with Crippen LogP contribution in [0.15, 0.2) is 24.3 Å². The van der Waals surface area contributed by atoms with E-state index < -0.39 is 5.82 Å². The van der Waals surface area contributed by atoms with Gasteiger partial charge in [-0.25, -0.2) is 4.39 Å². The number of amides is 1. The molecule has 1 aliphatic heterocycles. The molecule has 3 rings (SSSR count). The summed E-state index contributed by atoms with van der Waals surface area (Å²) in [5.74, 6) is -0.00861. The molecule has 1 aromatic rings. The standard InChI is InChI=1S/C17H23FN2O3/c18-14-3-1-2-4-16(14)23-12-17(22)20-9-7-19(8-10-20)11-15(21)13-5-6-13/h1-4,13,15,21H,5-12H2. The minimum atomic E-state index is -0.459. The van der Waals surface area contributed by atoms with Gasteiger partial charge in [0.2, 0.25) is 0 Å². The van der Waals surface area contributed by atoms with Gasteiger partial charge >= 0.3 is 0 Å². The fourth-order valence-corrected chi connectivity index (χ4v) is 2.87. The van der Waals surface area contributed by atoms with E-state index >= 15 is 0 Å². The lowest BCUT2D eigenvalue weighted by Gasteiger charge is -2.35. The van der Waals surface area contributed by atoms with Crippen LogP contribution >= 0.6 is 0 Å². The van der Waals surface area contributed by atoms with Crippen molar-refractivity contribution in [3.8, 4) is 5.75 Å². The monoisotopic (exact) mass is 322 g/mol. The molecule has 6 heteroatoms. The zero-order chi connectivity index (χ0) is 16.2. The summed E-state index contributed by atoms with van der Waals surface area (Å²) in [5, 5.41) is 9.97. The first-order valence-corrected chi connectivity index (χ1v) is 8.19. The zero-order valence-electron chi connectivity index (χ0n) is 13.2. The number of aliphatic hydroxyl groups excluding tert-OH is 1. The molecule has 1 aliphatic carbocycles. The van der Waals surface area contributed by atoms with E-state index in [0.29, 0.717) is 25.6 Å². The smallest absolute Gasteiger partial charge is 0.260 e. The number of aliphatic hydroxyl groups is 1. The van der Waals surface area contributed by atoms with Gasteiger partial charge < -0.3 is 14.7 Å². The molecule has 0 bridgehead atoms. The largest absolute Gasteiger partial charge is 0.481 e. The third-order valence-corrected chi connectivity index (χ3v) is 4.52. The van der Waals surface area contributed by atoms with Crippen LogP contribution in [0.1, 0.15) is 12.8 Å². The van der Waals surface area contributed by atoms with Crippen molar-refractivity contribution in [2.24, 2.45) is 5.92 Å². The lowest BCUT2D eigenvalue weighted by molar-refractivity contribution is -0.135. The molecule has 1 saturated heterocycles. The van der Waals surface area contributed by atoms with E-state index in [1.54, 1.807) is 17.0 Å². The fourth-order valence-electron chi connectivity index (χ4n) is 2.87. The van der Waals surface area contributed by atoms with Crippen molar-refractivity contribution >= 4 is 5.91 Å². The second kappa shape index (κ2) is 7.27. The molecule has 23 heavy (non-hydrogen) atoms. The van der Waals surface area contributed by atoms with Crippen molar-refractivity contribution in [3.63, 3.8) is 0 Å². The van der Waals surface area contributed by atoms with Crippen LogP contribution in [0.5, 0.6) is 5.75 Å². The van der Waals surface area contributed by atoms with Crippen LogP contribution in [-0.2, 0) is 4.79 Å². The molecular formula is C17H23FN2O3. The molecule has 5 nitrogen and oxygen atoms in total. The van der Waals surface area contributed by atoms with Gasteiger partial charge in [0.25, 0.3) is 5.91 Å². The van der Waals surface area contributed by atoms with Gasteiger partial charge in [-0.3, -0.25) is 9.69 Å². The van der Waals surface area contributed by atoms with E-state index in [-0.39, 0.29) is 24.4 Å². The van der Waals surface area contributed by atoms with Gasteiger partial charge in [-0.2, -0.15) is 0 Å². The molecule has 1 heterocycles. The number of halogens is 1. The van der Waals surface area contributed by atoms with E-state index in [2.05, 4.69) is 4.90 Å². The predicted molar refractivity (Wildman–Crippen MR) is 83.6 cm³/mol. The summed E-state index contributed by atoms with van der Waals surface area (Å²) < 4.78 is 18.7. The van der Waals surface area contributed by atoms with Crippen molar-refractivity contribution < 1.29 is 19.0 Å². The molecule has 0 aromatic heterocycles. The van der Waals surface area contributed by atoms with Crippen LogP contribution < -0.4 is 4.74 Å². The molecule has 126 valence electrons. The Bertz CT molecular complexity index is 542. The van der Waals surface area contributed by atoms with E-state index in [9.17, 15) is 14.3 Å². The normalized spacial score (nSPS) is 20.3. The SMILES string of the molecule is O=C(COc1ccccc1F)N1CCN(CC(O)C2CC2)CC1. The third kappa shape index (κ3) is 4.42.